The van der Waals surface area contributed by atoms with Gasteiger partial charge in [-0.3, -0.25) is 4.79 Å². The molecule has 1 saturated heterocycles. The van der Waals surface area contributed by atoms with Crippen LogP contribution in [-0.2, 0) is 15.7 Å². The van der Waals surface area contributed by atoms with E-state index in [1.54, 1.807) is 6.07 Å². The average Bonchev–Trinajstić information content (AvgIpc) is 2.48. The summed E-state index contributed by atoms with van der Waals surface area (Å²) in [5.41, 5.74) is 4.97. The van der Waals surface area contributed by atoms with Gasteiger partial charge in [0, 0.05) is 19.3 Å². The molecule has 3 N–H and O–H groups in total. The van der Waals surface area contributed by atoms with Crippen LogP contribution in [0.4, 0.5) is 13.2 Å². The summed E-state index contributed by atoms with van der Waals surface area (Å²) in [6, 6.07) is 4.85. The Bertz CT molecular complexity index is 514. The summed E-state index contributed by atoms with van der Waals surface area (Å²) in [6.45, 7) is 1.06. The highest BCUT2D eigenvalue weighted by molar-refractivity contribution is 5.75. The molecule has 1 amide bonds. The summed E-state index contributed by atoms with van der Waals surface area (Å²) in [4.78, 5) is 11.0. The number of ether oxygens (including phenoxy) is 1. The van der Waals surface area contributed by atoms with E-state index in [4.69, 9.17) is 10.5 Å². The van der Waals surface area contributed by atoms with E-state index in [1.165, 1.54) is 6.07 Å². The number of halogens is 3. The molecule has 1 aromatic rings. The number of nitrogens with one attached hydrogen (secondary N) is 1. The molecule has 0 spiro atoms. The van der Waals surface area contributed by atoms with Gasteiger partial charge in [-0.25, -0.2) is 0 Å². The molecule has 1 atom stereocenters. The van der Waals surface area contributed by atoms with E-state index in [2.05, 4.69) is 5.32 Å². The number of hydrogen-bond acceptors (Lipinski definition) is 3. The first-order valence-corrected chi connectivity index (χ1v) is 7.14. The molecule has 0 radical (unpaired) electrons. The summed E-state index contributed by atoms with van der Waals surface area (Å²) >= 11 is 0. The molecule has 2 rings (SSSR count). The van der Waals surface area contributed by atoms with Crippen LogP contribution in [0.25, 0.3) is 0 Å². The zero-order valence-corrected chi connectivity index (χ0v) is 12.0. The SMILES string of the molecule is NC(=O)CN[C@@H](c1cccc(C(F)(F)F)c1)C1CCOCC1. The van der Waals surface area contributed by atoms with Gasteiger partial charge in [-0.15, -0.1) is 0 Å². The van der Waals surface area contributed by atoms with E-state index < -0.39 is 17.6 Å². The fourth-order valence-corrected chi connectivity index (χ4v) is 2.72. The van der Waals surface area contributed by atoms with Gasteiger partial charge in [-0.05, 0) is 36.5 Å². The Morgan fingerprint density at radius 3 is 2.64 bits per heavy atom. The molecular formula is C15H19F3N2O2. The van der Waals surface area contributed by atoms with Gasteiger partial charge in [-0.2, -0.15) is 13.2 Å². The second-order valence-corrected chi connectivity index (χ2v) is 5.40. The number of alkyl halides is 3. The van der Waals surface area contributed by atoms with Crippen molar-refractivity contribution >= 4 is 5.91 Å². The van der Waals surface area contributed by atoms with Crippen LogP contribution in [0.3, 0.4) is 0 Å². The highest BCUT2D eigenvalue weighted by Gasteiger charge is 2.32. The van der Waals surface area contributed by atoms with Crippen molar-refractivity contribution in [3.63, 3.8) is 0 Å². The summed E-state index contributed by atoms with van der Waals surface area (Å²) in [7, 11) is 0. The predicted octanol–water partition coefficient (Wildman–Crippen LogP) is 2.25. The van der Waals surface area contributed by atoms with Crippen molar-refractivity contribution in [2.24, 2.45) is 11.7 Å². The molecule has 4 nitrogen and oxygen atoms in total. The van der Waals surface area contributed by atoms with Gasteiger partial charge in [-0.1, -0.05) is 12.1 Å². The lowest BCUT2D eigenvalue weighted by Crippen LogP contribution is -2.37. The zero-order valence-electron chi connectivity index (χ0n) is 12.0. The van der Waals surface area contributed by atoms with E-state index in [0.29, 0.717) is 18.8 Å². The number of carbonyl (C=O) groups excluding carboxylic acids is 1. The lowest BCUT2D eigenvalue weighted by Gasteiger charge is -2.31. The number of benzene rings is 1. The Morgan fingerprint density at radius 2 is 2.05 bits per heavy atom. The van der Waals surface area contributed by atoms with Crippen LogP contribution in [0.15, 0.2) is 24.3 Å². The van der Waals surface area contributed by atoms with Crippen molar-refractivity contribution in [3.8, 4) is 0 Å². The molecule has 22 heavy (non-hydrogen) atoms. The zero-order chi connectivity index (χ0) is 16.2. The highest BCUT2D eigenvalue weighted by Crippen LogP contribution is 2.34. The Balaban J connectivity index is 2.25. The van der Waals surface area contributed by atoms with E-state index >= 15 is 0 Å². The first-order valence-electron chi connectivity index (χ1n) is 7.14. The lowest BCUT2D eigenvalue weighted by molar-refractivity contribution is -0.137. The second kappa shape index (κ2) is 7.11. The first kappa shape index (κ1) is 16.8. The Kier molecular flexibility index (Phi) is 5.42. The van der Waals surface area contributed by atoms with Crippen molar-refractivity contribution in [1.29, 1.82) is 0 Å². The van der Waals surface area contributed by atoms with Gasteiger partial charge in [0.15, 0.2) is 0 Å². The first-order chi connectivity index (χ1) is 10.4. The molecule has 7 heteroatoms. The van der Waals surface area contributed by atoms with Crippen LogP contribution in [0.1, 0.15) is 30.0 Å². The number of nitrogens with two attached hydrogens (primary N) is 1. The standard InChI is InChI=1S/C15H19F3N2O2/c16-15(17,18)12-3-1-2-11(8-12)14(20-9-13(19)21)10-4-6-22-7-5-10/h1-3,8,10,14,20H,4-7,9H2,(H2,19,21)/t14-/m1/s1. The Morgan fingerprint density at radius 1 is 1.36 bits per heavy atom. The summed E-state index contributed by atoms with van der Waals surface area (Å²) < 4.78 is 43.9. The van der Waals surface area contributed by atoms with E-state index in [0.717, 1.165) is 25.0 Å². The molecule has 0 aliphatic carbocycles. The topological polar surface area (TPSA) is 64.4 Å². The molecule has 122 valence electrons. The summed E-state index contributed by atoms with van der Waals surface area (Å²) in [6.07, 6.45) is -2.93. The largest absolute Gasteiger partial charge is 0.416 e. The van der Waals surface area contributed by atoms with Gasteiger partial charge < -0.3 is 15.8 Å². The molecule has 1 aromatic carbocycles. The second-order valence-electron chi connectivity index (χ2n) is 5.40. The maximum atomic E-state index is 12.9. The van der Waals surface area contributed by atoms with Crippen molar-refractivity contribution in [3.05, 3.63) is 35.4 Å². The van der Waals surface area contributed by atoms with Crippen LogP contribution in [-0.4, -0.2) is 25.7 Å². The molecular weight excluding hydrogens is 297 g/mol. The molecule has 0 aromatic heterocycles. The van der Waals surface area contributed by atoms with Crippen LogP contribution in [0, 0.1) is 5.92 Å². The highest BCUT2D eigenvalue weighted by atomic mass is 19.4. The van der Waals surface area contributed by atoms with Crippen LogP contribution >= 0.6 is 0 Å². The Hall–Kier alpha value is -1.60. The number of carbonyl (C=O) groups is 1. The lowest BCUT2D eigenvalue weighted by atomic mass is 9.86. The molecule has 1 aliphatic heterocycles. The van der Waals surface area contributed by atoms with Gasteiger partial charge in [0.25, 0.3) is 0 Å². The smallest absolute Gasteiger partial charge is 0.381 e. The maximum absolute atomic E-state index is 12.9. The predicted molar refractivity (Wildman–Crippen MR) is 74.9 cm³/mol. The van der Waals surface area contributed by atoms with Crippen LogP contribution in [0.5, 0.6) is 0 Å². The minimum atomic E-state index is -4.39. The number of amides is 1. The van der Waals surface area contributed by atoms with Crippen molar-refractivity contribution in [2.75, 3.05) is 19.8 Å². The molecule has 0 saturated carbocycles. The summed E-state index contributed by atoms with van der Waals surface area (Å²) in [5.74, 6) is -0.430. The quantitative estimate of drug-likeness (QED) is 0.876. The third-order valence-electron chi connectivity index (χ3n) is 3.81. The monoisotopic (exact) mass is 316 g/mol. The number of primary amides is 1. The van der Waals surface area contributed by atoms with Crippen molar-refractivity contribution in [2.45, 2.75) is 25.1 Å². The number of rotatable bonds is 5. The third-order valence-corrected chi connectivity index (χ3v) is 3.81. The fourth-order valence-electron chi connectivity index (χ4n) is 2.72. The normalized spacial score (nSPS) is 18.1. The van der Waals surface area contributed by atoms with Gasteiger partial charge >= 0.3 is 6.18 Å². The van der Waals surface area contributed by atoms with Crippen molar-refractivity contribution < 1.29 is 22.7 Å². The molecule has 0 bridgehead atoms. The maximum Gasteiger partial charge on any atom is 0.416 e. The van der Waals surface area contributed by atoms with E-state index in [9.17, 15) is 18.0 Å². The third kappa shape index (κ3) is 4.45. The van der Waals surface area contributed by atoms with Gasteiger partial charge in [0.1, 0.15) is 0 Å². The Labute approximate surface area is 126 Å². The summed E-state index contributed by atoms with van der Waals surface area (Å²) in [5, 5.41) is 2.99. The van der Waals surface area contributed by atoms with Crippen LogP contribution in [0.2, 0.25) is 0 Å². The number of hydrogen-bond donors (Lipinski definition) is 2. The molecule has 0 unspecified atom stereocenters. The van der Waals surface area contributed by atoms with Crippen molar-refractivity contribution in [1.82, 2.24) is 5.32 Å². The average molecular weight is 316 g/mol. The van der Waals surface area contributed by atoms with E-state index in [-0.39, 0.29) is 18.5 Å². The van der Waals surface area contributed by atoms with Crippen LogP contribution < -0.4 is 11.1 Å². The minimum Gasteiger partial charge on any atom is -0.381 e. The molecule has 1 fully saturated rings. The molecule has 1 aliphatic rings. The molecule has 1 heterocycles. The van der Waals surface area contributed by atoms with Gasteiger partial charge in [0.05, 0.1) is 12.1 Å². The fraction of sp³-hybridized carbons (Fsp3) is 0.533. The van der Waals surface area contributed by atoms with Gasteiger partial charge in [0.2, 0.25) is 5.91 Å². The van der Waals surface area contributed by atoms with E-state index in [1.807, 2.05) is 0 Å². The minimum absolute atomic E-state index is 0.0712.